The molecule has 0 aromatic carbocycles. The second-order valence-corrected chi connectivity index (χ2v) is 7.45. The monoisotopic (exact) mass is 380 g/mol. The summed E-state index contributed by atoms with van der Waals surface area (Å²) in [5.41, 5.74) is 1.44. The summed E-state index contributed by atoms with van der Waals surface area (Å²) in [4.78, 5) is 44.7. The molecule has 0 aliphatic heterocycles. The average molecular weight is 380 g/mol. The molecule has 0 bridgehead atoms. The highest BCUT2D eigenvalue weighted by atomic mass is 16.4. The van der Waals surface area contributed by atoms with Crippen molar-refractivity contribution in [2.24, 2.45) is 0 Å². The Hall–Kier alpha value is -3.09. The maximum absolute atomic E-state index is 13.0. The summed E-state index contributed by atoms with van der Waals surface area (Å²) in [5, 5.41) is 18.8. The number of rotatable bonds is 6. The Morgan fingerprint density at radius 3 is 1.39 bits per heavy atom. The van der Waals surface area contributed by atoms with Gasteiger partial charge in [0.25, 0.3) is 0 Å². The lowest BCUT2D eigenvalue weighted by molar-refractivity contribution is 0.0682. The average Bonchev–Trinajstić information content (AvgIpc) is 2.57. The van der Waals surface area contributed by atoms with Gasteiger partial charge in [-0.3, -0.25) is 4.79 Å². The maximum atomic E-state index is 13.0. The van der Waals surface area contributed by atoms with Crippen molar-refractivity contribution in [3.8, 4) is 0 Å². The molecule has 7 nitrogen and oxygen atoms in total. The number of pyridine rings is 2. The Balaban J connectivity index is 1.71. The van der Waals surface area contributed by atoms with Crippen molar-refractivity contribution in [3.05, 3.63) is 58.2 Å². The van der Waals surface area contributed by atoms with Crippen LogP contribution in [0.2, 0.25) is 0 Å². The molecule has 0 saturated heterocycles. The van der Waals surface area contributed by atoms with Crippen LogP contribution >= 0.6 is 0 Å². The van der Waals surface area contributed by atoms with Gasteiger partial charge in [0.1, 0.15) is 11.4 Å². The second kappa shape index (κ2) is 7.14. The van der Waals surface area contributed by atoms with Gasteiger partial charge in [-0.25, -0.2) is 19.6 Å². The van der Waals surface area contributed by atoms with Gasteiger partial charge in [-0.05, 0) is 49.9 Å². The zero-order valence-electron chi connectivity index (χ0n) is 15.2. The first-order valence-electron chi connectivity index (χ1n) is 9.49. The Bertz CT molecular complexity index is 899. The molecule has 0 radical (unpaired) electrons. The number of carbonyl (C=O) groups is 3. The van der Waals surface area contributed by atoms with E-state index in [1.165, 1.54) is 24.3 Å². The first kappa shape index (κ1) is 18.3. The molecule has 7 heteroatoms. The van der Waals surface area contributed by atoms with Gasteiger partial charge in [-0.2, -0.15) is 0 Å². The van der Waals surface area contributed by atoms with E-state index in [1.54, 1.807) is 0 Å². The van der Waals surface area contributed by atoms with Crippen LogP contribution in [0.15, 0.2) is 24.3 Å². The van der Waals surface area contributed by atoms with Crippen molar-refractivity contribution < 1.29 is 24.6 Å². The van der Waals surface area contributed by atoms with Crippen LogP contribution in [0, 0.1) is 0 Å². The topological polar surface area (TPSA) is 117 Å². The van der Waals surface area contributed by atoms with Crippen molar-refractivity contribution in [2.45, 2.75) is 50.4 Å². The van der Waals surface area contributed by atoms with Gasteiger partial charge in [-0.15, -0.1) is 0 Å². The Morgan fingerprint density at radius 1 is 0.714 bits per heavy atom. The number of hydrogen-bond acceptors (Lipinski definition) is 5. The summed E-state index contributed by atoms with van der Waals surface area (Å²) in [6.07, 6.45) is 5.49. The standard InChI is InChI=1S/C21H20N2O5/c24-19(15-9-7-13(20(25)26)17(22-15)11-3-1-4-11)16-10-8-14(21(27)28)18(23-16)12-5-2-6-12/h7-12H,1-6H2,(H,25,26)(H,27,28). The molecule has 0 amide bonds. The quantitative estimate of drug-likeness (QED) is 0.735. The molecular formula is C21H20N2O5. The lowest BCUT2D eigenvalue weighted by atomic mass is 9.80. The highest BCUT2D eigenvalue weighted by Crippen LogP contribution is 2.38. The molecule has 4 rings (SSSR count). The van der Waals surface area contributed by atoms with Gasteiger partial charge in [-0.1, -0.05) is 12.8 Å². The number of aromatic nitrogens is 2. The van der Waals surface area contributed by atoms with Gasteiger partial charge in [0.15, 0.2) is 0 Å². The highest BCUT2D eigenvalue weighted by molar-refractivity contribution is 6.07. The molecule has 0 spiro atoms. The van der Waals surface area contributed by atoms with Crippen LogP contribution in [0.3, 0.4) is 0 Å². The van der Waals surface area contributed by atoms with E-state index in [-0.39, 0.29) is 34.4 Å². The van der Waals surface area contributed by atoms with Crippen LogP contribution in [-0.4, -0.2) is 37.9 Å². The zero-order valence-corrected chi connectivity index (χ0v) is 15.2. The molecule has 144 valence electrons. The molecule has 2 saturated carbocycles. The predicted molar refractivity (Wildman–Crippen MR) is 99.0 cm³/mol. The summed E-state index contributed by atoms with van der Waals surface area (Å²) >= 11 is 0. The molecule has 28 heavy (non-hydrogen) atoms. The molecule has 0 atom stereocenters. The van der Waals surface area contributed by atoms with E-state index >= 15 is 0 Å². The lowest BCUT2D eigenvalue weighted by Crippen LogP contribution is -2.20. The molecular weight excluding hydrogens is 360 g/mol. The van der Waals surface area contributed by atoms with Crippen LogP contribution in [0.25, 0.3) is 0 Å². The third kappa shape index (κ3) is 3.17. The van der Waals surface area contributed by atoms with Gasteiger partial charge >= 0.3 is 11.9 Å². The van der Waals surface area contributed by atoms with Gasteiger partial charge in [0.2, 0.25) is 5.78 Å². The molecule has 2 aliphatic carbocycles. The SMILES string of the molecule is O=C(c1ccc(C(=O)O)c(C2CCC2)n1)c1ccc(C(=O)O)c(C2CCC2)n1. The molecule has 0 unspecified atom stereocenters. The normalized spacial score (nSPS) is 16.9. The van der Waals surface area contributed by atoms with Crippen LogP contribution in [0.5, 0.6) is 0 Å². The highest BCUT2D eigenvalue weighted by Gasteiger charge is 2.29. The number of carboxylic acids is 2. The number of ketones is 1. The fourth-order valence-corrected chi connectivity index (χ4v) is 3.68. The Morgan fingerprint density at radius 2 is 1.11 bits per heavy atom. The van der Waals surface area contributed by atoms with Crippen molar-refractivity contribution in [1.29, 1.82) is 0 Å². The predicted octanol–water partition coefficient (Wildman–Crippen LogP) is 3.64. The minimum atomic E-state index is -1.05. The summed E-state index contributed by atoms with van der Waals surface area (Å²) in [6, 6.07) is 5.66. The third-order valence-electron chi connectivity index (χ3n) is 5.76. The Kier molecular flexibility index (Phi) is 4.66. The van der Waals surface area contributed by atoms with Crippen molar-refractivity contribution in [2.75, 3.05) is 0 Å². The molecule has 2 aliphatic rings. The molecule has 2 aromatic heterocycles. The van der Waals surface area contributed by atoms with E-state index in [1.807, 2.05) is 0 Å². The van der Waals surface area contributed by atoms with E-state index in [0.717, 1.165) is 38.5 Å². The van der Waals surface area contributed by atoms with E-state index in [9.17, 15) is 24.6 Å². The summed E-state index contributed by atoms with van der Waals surface area (Å²) in [6.45, 7) is 0. The van der Waals surface area contributed by atoms with Gasteiger partial charge in [0.05, 0.1) is 22.5 Å². The minimum Gasteiger partial charge on any atom is -0.478 e. The largest absolute Gasteiger partial charge is 0.478 e. The van der Waals surface area contributed by atoms with Crippen molar-refractivity contribution >= 4 is 17.7 Å². The molecule has 2 aromatic rings. The van der Waals surface area contributed by atoms with E-state index in [0.29, 0.717) is 11.4 Å². The first-order chi connectivity index (χ1) is 13.5. The molecule has 2 heterocycles. The molecule has 2 N–H and O–H groups in total. The molecule has 2 fully saturated rings. The number of carbonyl (C=O) groups excluding carboxylic acids is 1. The zero-order chi connectivity index (χ0) is 19.8. The summed E-state index contributed by atoms with van der Waals surface area (Å²) < 4.78 is 0. The second-order valence-electron chi connectivity index (χ2n) is 7.45. The van der Waals surface area contributed by atoms with Crippen molar-refractivity contribution in [1.82, 2.24) is 9.97 Å². The first-order valence-corrected chi connectivity index (χ1v) is 9.49. The van der Waals surface area contributed by atoms with E-state index in [4.69, 9.17) is 0 Å². The fraction of sp³-hybridized carbons (Fsp3) is 0.381. The number of hydrogen-bond donors (Lipinski definition) is 2. The number of nitrogens with zero attached hydrogens (tertiary/aromatic N) is 2. The Labute approximate surface area is 161 Å². The fourth-order valence-electron chi connectivity index (χ4n) is 3.68. The minimum absolute atomic E-state index is 0.0618. The number of aromatic carboxylic acids is 2. The van der Waals surface area contributed by atoms with Gasteiger partial charge < -0.3 is 10.2 Å². The lowest BCUT2D eigenvalue weighted by Gasteiger charge is -2.26. The van der Waals surface area contributed by atoms with Crippen LogP contribution in [0.1, 0.15) is 98.6 Å². The van der Waals surface area contributed by atoms with Gasteiger partial charge in [0, 0.05) is 11.8 Å². The maximum Gasteiger partial charge on any atom is 0.337 e. The van der Waals surface area contributed by atoms with Crippen LogP contribution in [0.4, 0.5) is 0 Å². The third-order valence-corrected chi connectivity index (χ3v) is 5.76. The smallest absolute Gasteiger partial charge is 0.337 e. The van der Waals surface area contributed by atoms with Crippen molar-refractivity contribution in [3.63, 3.8) is 0 Å². The number of carboxylic acid groups (broad SMARTS) is 2. The summed E-state index contributed by atoms with van der Waals surface area (Å²) in [5.74, 6) is -2.40. The summed E-state index contributed by atoms with van der Waals surface area (Å²) in [7, 11) is 0. The van der Waals surface area contributed by atoms with E-state index < -0.39 is 17.7 Å². The van der Waals surface area contributed by atoms with E-state index in [2.05, 4.69) is 9.97 Å². The van der Waals surface area contributed by atoms with Crippen LogP contribution < -0.4 is 0 Å². The van der Waals surface area contributed by atoms with Crippen LogP contribution in [-0.2, 0) is 0 Å².